The van der Waals surface area contributed by atoms with Gasteiger partial charge in [-0.25, -0.2) is 8.42 Å². The molecule has 16 heavy (non-hydrogen) atoms. The van der Waals surface area contributed by atoms with Gasteiger partial charge in [0.15, 0.2) is 0 Å². The third kappa shape index (κ3) is 7.49. The molecule has 2 unspecified atom stereocenters. The number of nitrogens with one attached hydrogen (secondary N) is 1. The molecule has 0 aliphatic heterocycles. The van der Waals surface area contributed by atoms with E-state index in [0.29, 0.717) is 11.0 Å². The molecule has 4 nitrogen and oxygen atoms in total. The van der Waals surface area contributed by atoms with Gasteiger partial charge < -0.3 is 10.4 Å². The molecular weight excluding hydrogens is 246 g/mol. The van der Waals surface area contributed by atoms with Crippen LogP contribution in [-0.4, -0.2) is 55.7 Å². The van der Waals surface area contributed by atoms with E-state index in [9.17, 15) is 13.5 Å². The molecule has 0 rings (SSSR count). The highest BCUT2D eigenvalue weighted by Gasteiger charge is 2.23. The van der Waals surface area contributed by atoms with Crippen LogP contribution < -0.4 is 5.32 Å². The van der Waals surface area contributed by atoms with Crippen molar-refractivity contribution in [3.8, 4) is 0 Å². The van der Waals surface area contributed by atoms with E-state index in [-0.39, 0.29) is 17.9 Å². The second-order valence-corrected chi connectivity index (χ2v) is 8.29. The molecule has 0 bridgehead atoms. The minimum atomic E-state index is -2.86. The Morgan fingerprint density at radius 1 is 1.50 bits per heavy atom. The first-order valence-electron chi connectivity index (χ1n) is 5.31. The predicted octanol–water partition coefficient (Wildman–Crippen LogP) is 0.513. The van der Waals surface area contributed by atoms with Crippen molar-refractivity contribution in [1.29, 1.82) is 0 Å². The average molecular weight is 269 g/mol. The fourth-order valence-corrected chi connectivity index (χ4v) is 3.82. The van der Waals surface area contributed by atoms with E-state index in [4.69, 9.17) is 0 Å². The van der Waals surface area contributed by atoms with Gasteiger partial charge in [0.2, 0.25) is 0 Å². The van der Waals surface area contributed by atoms with Gasteiger partial charge in [-0.15, -0.1) is 0 Å². The van der Waals surface area contributed by atoms with Crippen LogP contribution >= 0.6 is 11.8 Å². The van der Waals surface area contributed by atoms with Crippen LogP contribution in [0.4, 0.5) is 0 Å². The highest BCUT2D eigenvalue weighted by Crippen LogP contribution is 2.21. The fourth-order valence-electron chi connectivity index (χ4n) is 1.34. The van der Waals surface area contributed by atoms with Crippen LogP contribution in [0.3, 0.4) is 0 Å². The van der Waals surface area contributed by atoms with E-state index in [2.05, 4.69) is 12.2 Å². The van der Waals surface area contributed by atoms with Crippen molar-refractivity contribution in [2.75, 3.05) is 31.4 Å². The van der Waals surface area contributed by atoms with Gasteiger partial charge in [-0.05, 0) is 20.4 Å². The highest BCUT2D eigenvalue weighted by atomic mass is 32.2. The summed E-state index contributed by atoms with van der Waals surface area (Å²) in [6, 6.07) is 0. The first-order chi connectivity index (χ1) is 7.22. The molecule has 0 saturated carbocycles. The van der Waals surface area contributed by atoms with Crippen LogP contribution in [0.2, 0.25) is 0 Å². The van der Waals surface area contributed by atoms with Gasteiger partial charge in [0.1, 0.15) is 9.84 Å². The number of rotatable bonds is 8. The lowest BCUT2D eigenvalue weighted by Crippen LogP contribution is -2.45. The Balaban J connectivity index is 3.95. The molecule has 2 atom stereocenters. The maximum Gasteiger partial charge on any atom is 0.148 e. The molecule has 0 aromatic carbocycles. The van der Waals surface area contributed by atoms with Gasteiger partial charge in [0.25, 0.3) is 0 Å². The first-order valence-corrected chi connectivity index (χ1v) is 8.42. The standard InChI is InChI=1S/C10H23NO3S2/c1-9(7-10(2,8-12)11-3)15-5-6-16(4,13)14/h9,11-12H,5-8H2,1-4H3. The topological polar surface area (TPSA) is 66.4 Å². The largest absolute Gasteiger partial charge is 0.394 e. The van der Waals surface area contributed by atoms with E-state index < -0.39 is 9.84 Å². The number of likely N-dealkylation sites (N-methyl/N-ethyl adjacent to an activating group) is 1. The zero-order chi connectivity index (χ0) is 12.8. The average Bonchev–Trinajstić information content (AvgIpc) is 2.15. The molecule has 0 aliphatic rings. The molecule has 0 fully saturated rings. The van der Waals surface area contributed by atoms with Crippen LogP contribution in [0, 0.1) is 0 Å². The SMILES string of the molecule is CNC(C)(CO)CC(C)SCCS(C)(=O)=O. The number of aliphatic hydroxyl groups excluding tert-OH is 1. The number of aliphatic hydroxyl groups is 1. The molecule has 0 saturated heterocycles. The van der Waals surface area contributed by atoms with E-state index in [1.165, 1.54) is 6.26 Å². The van der Waals surface area contributed by atoms with Gasteiger partial charge in [0, 0.05) is 22.8 Å². The molecule has 2 N–H and O–H groups in total. The molecule has 0 radical (unpaired) electrons. The van der Waals surface area contributed by atoms with E-state index in [0.717, 1.165) is 6.42 Å². The summed E-state index contributed by atoms with van der Waals surface area (Å²) in [5.41, 5.74) is -0.280. The molecule has 0 aromatic heterocycles. The van der Waals surface area contributed by atoms with Gasteiger partial charge in [0.05, 0.1) is 12.4 Å². The lowest BCUT2D eigenvalue weighted by molar-refractivity contribution is 0.174. The molecule has 0 aromatic rings. The summed E-state index contributed by atoms with van der Waals surface area (Å²) >= 11 is 1.63. The van der Waals surface area contributed by atoms with Crippen molar-refractivity contribution in [1.82, 2.24) is 5.32 Å². The van der Waals surface area contributed by atoms with Crippen LogP contribution in [0.15, 0.2) is 0 Å². The Morgan fingerprint density at radius 2 is 2.06 bits per heavy atom. The van der Waals surface area contributed by atoms with Crippen molar-refractivity contribution < 1.29 is 13.5 Å². The third-order valence-corrected chi connectivity index (χ3v) is 4.93. The van der Waals surface area contributed by atoms with Gasteiger partial charge in [-0.2, -0.15) is 11.8 Å². The maximum atomic E-state index is 10.9. The van der Waals surface area contributed by atoms with Crippen molar-refractivity contribution in [2.24, 2.45) is 0 Å². The number of thioether (sulfide) groups is 1. The lowest BCUT2D eigenvalue weighted by Gasteiger charge is -2.29. The lowest BCUT2D eigenvalue weighted by atomic mass is 9.98. The maximum absolute atomic E-state index is 10.9. The third-order valence-electron chi connectivity index (χ3n) is 2.55. The molecular formula is C10H23NO3S2. The fraction of sp³-hybridized carbons (Fsp3) is 1.00. The summed E-state index contributed by atoms with van der Waals surface area (Å²) in [6.45, 7) is 4.10. The summed E-state index contributed by atoms with van der Waals surface area (Å²) in [5, 5.41) is 12.6. The molecule has 6 heteroatoms. The normalized spacial score (nSPS) is 18.1. The minimum absolute atomic E-state index is 0.0838. The Morgan fingerprint density at radius 3 is 2.44 bits per heavy atom. The Bertz CT molecular complexity index is 286. The van der Waals surface area contributed by atoms with Crippen LogP contribution in [-0.2, 0) is 9.84 Å². The second kappa shape index (κ2) is 6.83. The molecule has 0 spiro atoms. The smallest absolute Gasteiger partial charge is 0.148 e. The summed E-state index contributed by atoms with van der Waals surface area (Å²) in [5.74, 6) is 0.836. The quantitative estimate of drug-likeness (QED) is 0.672. The van der Waals surface area contributed by atoms with Gasteiger partial charge in [-0.3, -0.25) is 0 Å². The minimum Gasteiger partial charge on any atom is -0.394 e. The van der Waals surface area contributed by atoms with E-state index in [1.54, 1.807) is 11.8 Å². The number of sulfone groups is 1. The Kier molecular flexibility index (Phi) is 6.93. The first kappa shape index (κ1) is 16.2. The van der Waals surface area contributed by atoms with Crippen LogP contribution in [0.5, 0.6) is 0 Å². The van der Waals surface area contributed by atoms with Crippen molar-refractivity contribution >= 4 is 21.6 Å². The molecule has 98 valence electrons. The zero-order valence-corrected chi connectivity index (χ0v) is 12.1. The highest BCUT2D eigenvalue weighted by molar-refractivity contribution is 8.01. The van der Waals surface area contributed by atoms with Gasteiger partial charge in [-0.1, -0.05) is 6.92 Å². The Labute approximate surface area is 103 Å². The van der Waals surface area contributed by atoms with Crippen molar-refractivity contribution in [3.05, 3.63) is 0 Å². The number of hydrogen-bond acceptors (Lipinski definition) is 5. The molecule has 0 aliphatic carbocycles. The van der Waals surface area contributed by atoms with Crippen LogP contribution in [0.25, 0.3) is 0 Å². The van der Waals surface area contributed by atoms with Crippen molar-refractivity contribution in [2.45, 2.75) is 31.1 Å². The summed E-state index contributed by atoms with van der Waals surface area (Å²) in [6.07, 6.45) is 2.07. The van der Waals surface area contributed by atoms with Crippen LogP contribution in [0.1, 0.15) is 20.3 Å². The summed E-state index contributed by atoms with van der Waals surface area (Å²) in [4.78, 5) is 0. The molecule has 0 heterocycles. The second-order valence-electron chi connectivity index (χ2n) is 4.48. The van der Waals surface area contributed by atoms with E-state index >= 15 is 0 Å². The number of hydrogen-bond donors (Lipinski definition) is 2. The Hall–Kier alpha value is 0.220. The van der Waals surface area contributed by atoms with E-state index in [1.807, 2.05) is 14.0 Å². The summed E-state index contributed by atoms with van der Waals surface area (Å²) in [7, 11) is -1.04. The summed E-state index contributed by atoms with van der Waals surface area (Å²) < 4.78 is 21.9. The zero-order valence-electron chi connectivity index (χ0n) is 10.5. The monoisotopic (exact) mass is 269 g/mol. The predicted molar refractivity (Wildman–Crippen MR) is 70.8 cm³/mol. The molecule has 0 amide bonds. The van der Waals surface area contributed by atoms with Crippen molar-refractivity contribution in [3.63, 3.8) is 0 Å². The van der Waals surface area contributed by atoms with Gasteiger partial charge >= 0.3 is 0 Å².